The topological polar surface area (TPSA) is 93.3 Å². The van der Waals surface area contributed by atoms with Crippen molar-refractivity contribution in [3.8, 4) is 10.6 Å². The molecule has 1 N–H and O–H groups in total. The van der Waals surface area contributed by atoms with Gasteiger partial charge in [-0.15, -0.1) is 11.3 Å². The Hall–Kier alpha value is -2.28. The number of thiazole rings is 1. The molecule has 1 heterocycles. The number of aromatic nitrogens is 1. The second kappa shape index (κ2) is 4.53. The van der Waals surface area contributed by atoms with E-state index in [1.807, 2.05) is 0 Å². The third kappa shape index (κ3) is 2.21. The van der Waals surface area contributed by atoms with E-state index in [2.05, 4.69) is 4.98 Å². The van der Waals surface area contributed by atoms with E-state index in [4.69, 9.17) is 5.11 Å². The van der Waals surface area contributed by atoms with Crippen molar-refractivity contribution < 1.29 is 14.8 Å². The number of carboxylic acids is 1. The highest BCUT2D eigenvalue weighted by Gasteiger charge is 2.15. The number of nitro benzene ring substituents is 1. The zero-order valence-corrected chi connectivity index (χ0v) is 10.1. The molecule has 0 radical (unpaired) electrons. The summed E-state index contributed by atoms with van der Waals surface area (Å²) in [6.07, 6.45) is 0. The van der Waals surface area contributed by atoms with E-state index < -0.39 is 10.9 Å². The SMILES string of the molecule is Cc1sc(-c2ccc([N+](=O)[O-])cc2)nc1C(=O)O. The minimum absolute atomic E-state index is 0.00881. The van der Waals surface area contributed by atoms with Gasteiger partial charge in [-0.1, -0.05) is 0 Å². The lowest BCUT2D eigenvalue weighted by molar-refractivity contribution is -0.384. The summed E-state index contributed by atoms with van der Waals surface area (Å²) >= 11 is 1.25. The lowest BCUT2D eigenvalue weighted by Crippen LogP contribution is -1.98. The molecule has 7 heteroatoms. The summed E-state index contributed by atoms with van der Waals surface area (Å²) in [7, 11) is 0. The van der Waals surface area contributed by atoms with Crippen LogP contribution in [0.2, 0.25) is 0 Å². The van der Waals surface area contributed by atoms with Gasteiger partial charge in [0.2, 0.25) is 0 Å². The number of non-ortho nitro benzene ring substituents is 1. The number of carbonyl (C=O) groups is 1. The number of hydrogen-bond donors (Lipinski definition) is 1. The Morgan fingerprint density at radius 3 is 2.44 bits per heavy atom. The maximum absolute atomic E-state index is 10.9. The molecule has 0 aliphatic carbocycles. The van der Waals surface area contributed by atoms with Crippen LogP contribution in [0.1, 0.15) is 15.4 Å². The van der Waals surface area contributed by atoms with E-state index in [0.29, 0.717) is 15.4 Å². The molecule has 0 unspecified atom stereocenters. The molecule has 1 aromatic carbocycles. The number of aromatic carboxylic acids is 1. The van der Waals surface area contributed by atoms with Crippen LogP contribution in [0.4, 0.5) is 5.69 Å². The van der Waals surface area contributed by atoms with Crippen LogP contribution < -0.4 is 0 Å². The second-order valence-electron chi connectivity index (χ2n) is 3.53. The molecule has 0 saturated carbocycles. The molecule has 0 atom stereocenters. The van der Waals surface area contributed by atoms with Gasteiger partial charge in [0.25, 0.3) is 5.69 Å². The fraction of sp³-hybridized carbons (Fsp3) is 0.0909. The van der Waals surface area contributed by atoms with Crippen molar-refractivity contribution in [2.45, 2.75) is 6.92 Å². The van der Waals surface area contributed by atoms with Crippen molar-refractivity contribution in [1.82, 2.24) is 4.98 Å². The normalized spacial score (nSPS) is 10.3. The van der Waals surface area contributed by atoms with Gasteiger partial charge in [-0.05, 0) is 19.1 Å². The molecule has 2 aromatic rings. The van der Waals surface area contributed by atoms with Crippen molar-refractivity contribution in [2.75, 3.05) is 0 Å². The quantitative estimate of drug-likeness (QED) is 0.679. The average Bonchev–Trinajstić information content (AvgIpc) is 2.71. The summed E-state index contributed by atoms with van der Waals surface area (Å²) in [5, 5.41) is 20.0. The molecule has 0 aliphatic heterocycles. The lowest BCUT2D eigenvalue weighted by Gasteiger charge is -1.95. The Labute approximate surface area is 106 Å². The van der Waals surface area contributed by atoms with Crippen LogP contribution in [0.3, 0.4) is 0 Å². The third-order valence-corrected chi connectivity index (χ3v) is 3.34. The number of hydrogen-bond acceptors (Lipinski definition) is 5. The van der Waals surface area contributed by atoms with Gasteiger partial charge in [-0.2, -0.15) is 0 Å². The van der Waals surface area contributed by atoms with Crippen molar-refractivity contribution in [3.63, 3.8) is 0 Å². The smallest absolute Gasteiger partial charge is 0.355 e. The van der Waals surface area contributed by atoms with E-state index in [-0.39, 0.29) is 11.4 Å². The Bertz CT molecular complexity index is 618. The molecule has 18 heavy (non-hydrogen) atoms. The number of nitro groups is 1. The zero-order chi connectivity index (χ0) is 13.3. The van der Waals surface area contributed by atoms with E-state index >= 15 is 0 Å². The summed E-state index contributed by atoms with van der Waals surface area (Å²) in [6.45, 7) is 1.68. The molecule has 0 spiro atoms. The summed E-state index contributed by atoms with van der Waals surface area (Å²) in [6, 6.07) is 5.85. The number of benzene rings is 1. The fourth-order valence-electron chi connectivity index (χ4n) is 1.44. The third-order valence-electron chi connectivity index (χ3n) is 2.32. The number of rotatable bonds is 3. The van der Waals surface area contributed by atoms with Crippen molar-refractivity contribution in [1.29, 1.82) is 0 Å². The molecular formula is C11H8N2O4S. The van der Waals surface area contributed by atoms with Crippen molar-refractivity contribution in [2.24, 2.45) is 0 Å². The van der Waals surface area contributed by atoms with Crippen LogP contribution in [0.15, 0.2) is 24.3 Å². The van der Waals surface area contributed by atoms with Crippen LogP contribution in [-0.2, 0) is 0 Å². The first-order valence-electron chi connectivity index (χ1n) is 4.94. The standard InChI is InChI=1S/C11H8N2O4S/c1-6-9(11(14)15)12-10(18-6)7-2-4-8(5-3-7)13(16)17/h2-5H,1H3,(H,14,15). The van der Waals surface area contributed by atoms with E-state index in [1.165, 1.54) is 23.5 Å². The number of aryl methyl sites for hydroxylation is 1. The predicted octanol–water partition coefficient (Wildman–Crippen LogP) is 2.72. The van der Waals surface area contributed by atoms with Gasteiger partial charge in [0.15, 0.2) is 5.69 Å². The van der Waals surface area contributed by atoms with Gasteiger partial charge in [0.05, 0.1) is 4.92 Å². The first kappa shape index (κ1) is 12.2. The van der Waals surface area contributed by atoms with Crippen LogP contribution >= 0.6 is 11.3 Å². The fourth-order valence-corrected chi connectivity index (χ4v) is 2.35. The second-order valence-corrected chi connectivity index (χ2v) is 4.74. The molecule has 0 amide bonds. The maximum Gasteiger partial charge on any atom is 0.355 e. The molecule has 92 valence electrons. The Kier molecular flexibility index (Phi) is 3.07. The highest BCUT2D eigenvalue weighted by molar-refractivity contribution is 7.15. The highest BCUT2D eigenvalue weighted by Crippen LogP contribution is 2.28. The first-order chi connectivity index (χ1) is 8.49. The van der Waals surface area contributed by atoms with Gasteiger partial charge in [-0.25, -0.2) is 9.78 Å². The van der Waals surface area contributed by atoms with E-state index in [9.17, 15) is 14.9 Å². The summed E-state index contributed by atoms with van der Waals surface area (Å²) in [5.41, 5.74) is 0.681. The summed E-state index contributed by atoms with van der Waals surface area (Å²) in [5.74, 6) is -1.07. The van der Waals surface area contributed by atoms with E-state index in [0.717, 1.165) is 0 Å². The summed E-state index contributed by atoms with van der Waals surface area (Å²) < 4.78 is 0. The lowest BCUT2D eigenvalue weighted by atomic mass is 10.2. The predicted molar refractivity (Wildman–Crippen MR) is 65.9 cm³/mol. The summed E-state index contributed by atoms with van der Waals surface area (Å²) in [4.78, 5) is 25.5. The largest absolute Gasteiger partial charge is 0.476 e. The molecule has 6 nitrogen and oxygen atoms in total. The molecular weight excluding hydrogens is 256 g/mol. The molecule has 0 bridgehead atoms. The molecule has 2 rings (SSSR count). The van der Waals surface area contributed by atoms with Crippen LogP contribution in [-0.4, -0.2) is 21.0 Å². The zero-order valence-electron chi connectivity index (χ0n) is 9.28. The van der Waals surface area contributed by atoms with Gasteiger partial charge in [0.1, 0.15) is 5.01 Å². The highest BCUT2D eigenvalue weighted by atomic mass is 32.1. The molecule has 0 fully saturated rings. The van der Waals surface area contributed by atoms with Gasteiger partial charge < -0.3 is 5.11 Å². The van der Waals surface area contributed by atoms with Crippen LogP contribution in [0.25, 0.3) is 10.6 Å². The maximum atomic E-state index is 10.9. The van der Waals surface area contributed by atoms with Crippen molar-refractivity contribution >= 4 is 23.0 Å². The van der Waals surface area contributed by atoms with Gasteiger partial charge >= 0.3 is 5.97 Å². The van der Waals surface area contributed by atoms with Crippen LogP contribution in [0, 0.1) is 17.0 Å². The molecule has 0 saturated heterocycles. The van der Waals surface area contributed by atoms with E-state index in [1.54, 1.807) is 19.1 Å². The average molecular weight is 264 g/mol. The number of carboxylic acid groups (broad SMARTS) is 1. The van der Waals surface area contributed by atoms with Gasteiger partial charge in [-0.3, -0.25) is 10.1 Å². The minimum Gasteiger partial charge on any atom is -0.476 e. The Morgan fingerprint density at radius 1 is 1.39 bits per heavy atom. The number of nitrogens with zero attached hydrogens (tertiary/aromatic N) is 2. The van der Waals surface area contributed by atoms with Gasteiger partial charge in [0, 0.05) is 22.6 Å². The molecule has 1 aromatic heterocycles. The van der Waals surface area contributed by atoms with Crippen molar-refractivity contribution in [3.05, 3.63) is 45.0 Å². The Morgan fingerprint density at radius 2 is 2.00 bits per heavy atom. The molecule has 0 aliphatic rings. The van der Waals surface area contributed by atoms with Crippen LogP contribution in [0.5, 0.6) is 0 Å². The monoisotopic (exact) mass is 264 g/mol. The first-order valence-corrected chi connectivity index (χ1v) is 5.76. The minimum atomic E-state index is -1.07. The Balaban J connectivity index is 2.40.